The number of nitrogens with two attached hydrogens (primary N) is 1. The van der Waals surface area contributed by atoms with E-state index in [0.717, 1.165) is 6.92 Å². The maximum atomic E-state index is 10.7. The summed E-state index contributed by atoms with van der Waals surface area (Å²) in [5.74, 6) is -2.13. The number of carboxylic acid groups (broad SMARTS) is 1. The predicted molar refractivity (Wildman–Crippen MR) is 39.2 cm³/mol. The van der Waals surface area contributed by atoms with Gasteiger partial charge in [-0.25, -0.2) is 0 Å². The summed E-state index contributed by atoms with van der Waals surface area (Å²) >= 11 is 6.84. The number of thiol groups is 1. The molecule has 0 heterocycles. The number of ketones is 1. The summed E-state index contributed by atoms with van der Waals surface area (Å²) in [5, 5.41) is 8.52. The first-order valence-corrected chi connectivity index (χ1v) is 3.57. The molecule has 0 amide bonds. The summed E-state index contributed by atoms with van der Waals surface area (Å²) in [6.07, 6.45) is 0. The van der Waals surface area contributed by atoms with Crippen LogP contribution in [0.25, 0.3) is 0 Å². The van der Waals surface area contributed by atoms with Crippen molar-refractivity contribution in [1.82, 2.24) is 0 Å². The van der Waals surface area contributed by atoms with Gasteiger partial charge in [0.15, 0.2) is 0 Å². The van der Waals surface area contributed by atoms with Crippen LogP contribution in [0.4, 0.5) is 0 Å². The molecule has 6 heteroatoms. The number of carboxylic acids is 1. The Balaban J connectivity index is 4.99. The van der Waals surface area contributed by atoms with E-state index in [1.54, 1.807) is 0 Å². The first-order chi connectivity index (χ1) is 4.83. The Morgan fingerprint density at radius 3 is 2.00 bits per heavy atom. The van der Waals surface area contributed by atoms with E-state index in [1.165, 1.54) is 0 Å². The summed E-state index contributed by atoms with van der Waals surface area (Å²) in [4.78, 5) is 21.2. The number of hydrogen-bond acceptors (Lipinski definition) is 4. The Labute approximate surface area is 76.9 Å². The SMILES string of the molecule is CC(=O)C(N)(C(=O)O)[C](S)=[Fe]. The van der Waals surface area contributed by atoms with Gasteiger partial charge < -0.3 is 0 Å². The number of aliphatic carboxylic acids is 1. The van der Waals surface area contributed by atoms with Crippen molar-refractivity contribution in [2.24, 2.45) is 5.73 Å². The van der Waals surface area contributed by atoms with Crippen LogP contribution in [0.3, 0.4) is 0 Å². The standard InChI is InChI=1S/C5H7NO3S.Fe/c1-3(7)5(6,2-10)4(8)9;/h10H,6H2,1H3,(H,8,9);. The second kappa shape index (κ2) is 3.49. The van der Waals surface area contributed by atoms with Gasteiger partial charge in [0, 0.05) is 0 Å². The van der Waals surface area contributed by atoms with Gasteiger partial charge in [0.2, 0.25) is 0 Å². The Morgan fingerprint density at radius 2 is 2.00 bits per heavy atom. The minimum absolute atomic E-state index is 0.169. The van der Waals surface area contributed by atoms with Crippen molar-refractivity contribution in [3.63, 3.8) is 0 Å². The van der Waals surface area contributed by atoms with Crippen molar-refractivity contribution < 1.29 is 30.3 Å². The van der Waals surface area contributed by atoms with Gasteiger partial charge in [0.25, 0.3) is 0 Å². The van der Waals surface area contributed by atoms with E-state index in [1.807, 2.05) is 0 Å². The summed E-state index contributed by atoms with van der Waals surface area (Å²) in [6.45, 7) is 1.08. The van der Waals surface area contributed by atoms with Crippen molar-refractivity contribution in [3.05, 3.63) is 0 Å². The molecule has 1 unspecified atom stereocenters. The van der Waals surface area contributed by atoms with Crippen LogP contribution in [0.2, 0.25) is 0 Å². The molecule has 3 N–H and O–H groups in total. The van der Waals surface area contributed by atoms with Crippen LogP contribution >= 0.6 is 12.6 Å². The fourth-order valence-electron chi connectivity index (χ4n) is 0.377. The molecule has 0 radical (unpaired) electrons. The zero-order valence-electron chi connectivity index (χ0n) is 5.64. The van der Waals surface area contributed by atoms with E-state index in [-0.39, 0.29) is 3.75 Å². The summed E-state index contributed by atoms with van der Waals surface area (Å²) in [7, 11) is 0. The van der Waals surface area contributed by atoms with Crippen molar-refractivity contribution in [1.29, 1.82) is 0 Å². The van der Waals surface area contributed by atoms with E-state index in [4.69, 9.17) is 10.8 Å². The number of carbonyl (C=O) groups excluding carboxylic acids is 1. The minimum atomic E-state index is -2.05. The molecular weight excluding hydrogens is 210 g/mol. The second-order valence-electron chi connectivity index (χ2n) is 1.95. The van der Waals surface area contributed by atoms with Crippen molar-refractivity contribution >= 4 is 28.1 Å². The third kappa shape index (κ3) is 1.90. The zero-order chi connectivity index (χ0) is 9.23. The van der Waals surface area contributed by atoms with Crippen LogP contribution in [-0.2, 0) is 25.2 Å². The number of rotatable bonds is 3. The monoisotopic (exact) mass is 217 g/mol. The predicted octanol–water partition coefficient (Wildman–Crippen LogP) is -1.04. The molecule has 0 aromatic heterocycles. The average Bonchev–Trinajstić information content (AvgIpc) is 1.84. The normalized spacial score (nSPS) is 15.3. The molecule has 64 valence electrons. The molecular formula is C5H7FeNO3S. The first-order valence-electron chi connectivity index (χ1n) is 2.57. The Bertz CT molecular complexity index is 192. The fourth-order valence-corrected chi connectivity index (χ4v) is 0.943. The molecule has 0 aliphatic rings. The molecule has 11 heavy (non-hydrogen) atoms. The Kier molecular flexibility index (Phi) is 3.44. The van der Waals surface area contributed by atoms with Gasteiger partial charge in [0.05, 0.1) is 0 Å². The first kappa shape index (κ1) is 10.8. The number of hydrogen-bond donors (Lipinski definition) is 3. The van der Waals surface area contributed by atoms with Crippen LogP contribution in [-0.4, -0.2) is 26.1 Å². The van der Waals surface area contributed by atoms with Crippen molar-refractivity contribution in [2.75, 3.05) is 0 Å². The van der Waals surface area contributed by atoms with Gasteiger partial charge in [-0.05, 0) is 0 Å². The van der Waals surface area contributed by atoms with Crippen LogP contribution < -0.4 is 5.73 Å². The molecule has 0 rings (SSSR count). The van der Waals surface area contributed by atoms with Crippen LogP contribution in [0, 0.1) is 0 Å². The Morgan fingerprint density at radius 1 is 1.64 bits per heavy atom. The molecule has 0 saturated carbocycles. The quantitative estimate of drug-likeness (QED) is 0.320. The molecule has 0 fully saturated rings. The molecule has 0 bridgehead atoms. The van der Waals surface area contributed by atoms with Crippen LogP contribution in [0.15, 0.2) is 0 Å². The third-order valence-corrected chi connectivity index (χ3v) is 2.00. The molecule has 0 aromatic rings. The van der Waals surface area contributed by atoms with Crippen LogP contribution in [0.1, 0.15) is 6.92 Å². The number of carbonyl (C=O) groups is 2. The summed E-state index contributed by atoms with van der Waals surface area (Å²) in [6, 6.07) is 0. The fraction of sp³-hybridized carbons (Fsp3) is 0.400. The van der Waals surface area contributed by atoms with Crippen molar-refractivity contribution in [3.8, 4) is 0 Å². The van der Waals surface area contributed by atoms with E-state index in [9.17, 15) is 9.59 Å². The molecule has 0 saturated heterocycles. The molecule has 4 nitrogen and oxygen atoms in total. The van der Waals surface area contributed by atoms with Crippen molar-refractivity contribution in [2.45, 2.75) is 12.5 Å². The average molecular weight is 217 g/mol. The van der Waals surface area contributed by atoms with E-state index >= 15 is 0 Å². The van der Waals surface area contributed by atoms with E-state index < -0.39 is 17.3 Å². The maximum absolute atomic E-state index is 10.7. The van der Waals surface area contributed by atoms with Gasteiger partial charge in [-0.1, -0.05) is 0 Å². The van der Waals surface area contributed by atoms with Gasteiger partial charge in [-0.15, -0.1) is 0 Å². The number of Topliss-reactive ketones (excluding diaryl/α,β-unsaturated/α-hetero) is 1. The van der Waals surface area contributed by atoms with Gasteiger partial charge in [0.1, 0.15) is 0 Å². The molecule has 0 aliphatic heterocycles. The van der Waals surface area contributed by atoms with Gasteiger partial charge in [-0.3, -0.25) is 0 Å². The molecule has 1 atom stereocenters. The van der Waals surface area contributed by atoms with Crippen LogP contribution in [0.5, 0.6) is 0 Å². The second-order valence-corrected chi connectivity index (χ2v) is 3.35. The van der Waals surface area contributed by atoms with Gasteiger partial charge >= 0.3 is 76.6 Å². The van der Waals surface area contributed by atoms with E-state index in [2.05, 4.69) is 28.2 Å². The molecule has 0 aromatic carbocycles. The zero-order valence-corrected chi connectivity index (χ0v) is 7.64. The van der Waals surface area contributed by atoms with Gasteiger partial charge in [-0.2, -0.15) is 0 Å². The molecule has 0 aliphatic carbocycles. The topological polar surface area (TPSA) is 80.4 Å². The van der Waals surface area contributed by atoms with E-state index in [0.29, 0.717) is 0 Å². The molecule has 0 spiro atoms. The third-order valence-electron chi connectivity index (χ3n) is 1.21. The summed E-state index contributed by atoms with van der Waals surface area (Å²) in [5.41, 5.74) is 3.15. The summed E-state index contributed by atoms with van der Waals surface area (Å²) < 4.78 is -0.169. The Hall–Kier alpha value is -0.161.